The van der Waals surface area contributed by atoms with E-state index in [4.69, 9.17) is 0 Å². The summed E-state index contributed by atoms with van der Waals surface area (Å²) < 4.78 is 0. The third-order valence-corrected chi connectivity index (χ3v) is 4.94. The summed E-state index contributed by atoms with van der Waals surface area (Å²) in [6, 6.07) is 0.0676. The Morgan fingerprint density at radius 2 is 1.82 bits per heavy atom. The lowest BCUT2D eigenvalue weighted by molar-refractivity contribution is -0.140. The second-order valence-electron chi connectivity index (χ2n) is 6.66. The third-order valence-electron chi connectivity index (χ3n) is 4.94. The molecule has 1 N–H and O–H groups in total. The van der Waals surface area contributed by atoms with Gasteiger partial charge in [0, 0.05) is 52.2 Å². The molecule has 2 aliphatic heterocycles. The van der Waals surface area contributed by atoms with E-state index in [1.807, 2.05) is 0 Å². The van der Waals surface area contributed by atoms with Crippen LogP contribution in [0.3, 0.4) is 0 Å². The van der Waals surface area contributed by atoms with Crippen molar-refractivity contribution < 1.29 is 9.59 Å². The van der Waals surface area contributed by atoms with Crippen LogP contribution >= 0.6 is 0 Å². The van der Waals surface area contributed by atoms with Crippen molar-refractivity contribution in [2.24, 2.45) is 0 Å². The van der Waals surface area contributed by atoms with Gasteiger partial charge in [-0.15, -0.1) is 0 Å². The van der Waals surface area contributed by atoms with Crippen molar-refractivity contribution in [2.45, 2.75) is 45.2 Å². The van der Waals surface area contributed by atoms with Gasteiger partial charge >= 0.3 is 0 Å². The van der Waals surface area contributed by atoms with Gasteiger partial charge in [-0.25, -0.2) is 0 Å². The molecule has 22 heavy (non-hydrogen) atoms. The predicted molar refractivity (Wildman–Crippen MR) is 86.6 cm³/mol. The topological polar surface area (TPSA) is 55.9 Å². The molecule has 0 saturated carbocycles. The molecule has 2 unspecified atom stereocenters. The molecule has 2 heterocycles. The maximum absolute atomic E-state index is 12.4. The van der Waals surface area contributed by atoms with Crippen LogP contribution in [0.2, 0.25) is 0 Å². The van der Waals surface area contributed by atoms with Crippen molar-refractivity contribution in [1.82, 2.24) is 20.0 Å². The first-order chi connectivity index (χ1) is 10.5. The fourth-order valence-corrected chi connectivity index (χ4v) is 3.34. The zero-order valence-electron chi connectivity index (χ0n) is 14.2. The molecule has 2 amide bonds. The Kier molecular flexibility index (Phi) is 6.20. The van der Waals surface area contributed by atoms with Gasteiger partial charge in [0.25, 0.3) is 0 Å². The van der Waals surface area contributed by atoms with Crippen LogP contribution in [-0.4, -0.2) is 84.9 Å². The van der Waals surface area contributed by atoms with Crippen LogP contribution in [-0.2, 0) is 9.59 Å². The number of piperidine rings is 1. The number of hydrogen-bond donors (Lipinski definition) is 1. The van der Waals surface area contributed by atoms with Gasteiger partial charge in [-0.05, 0) is 33.2 Å². The van der Waals surface area contributed by atoms with Gasteiger partial charge in [-0.3, -0.25) is 14.5 Å². The van der Waals surface area contributed by atoms with Gasteiger partial charge in [0.15, 0.2) is 0 Å². The number of nitrogens with zero attached hydrogens (tertiary/aromatic N) is 3. The maximum atomic E-state index is 12.4. The minimum Gasteiger partial charge on any atom is -0.353 e. The number of likely N-dealkylation sites (tertiary alicyclic amines) is 1. The van der Waals surface area contributed by atoms with E-state index in [1.165, 1.54) is 0 Å². The Morgan fingerprint density at radius 3 is 2.45 bits per heavy atom. The Labute approximate surface area is 133 Å². The maximum Gasteiger partial charge on any atom is 0.242 e. The minimum absolute atomic E-state index is 0.00645. The lowest BCUT2D eigenvalue weighted by Gasteiger charge is -2.37. The lowest BCUT2D eigenvalue weighted by Crippen LogP contribution is -2.55. The Morgan fingerprint density at radius 1 is 1.14 bits per heavy atom. The number of piperazine rings is 1. The number of likely N-dealkylation sites (N-methyl/N-ethyl adjacent to an activating group) is 1. The lowest BCUT2D eigenvalue weighted by atomic mass is 10.0. The molecular formula is C16H30N4O2. The van der Waals surface area contributed by atoms with E-state index in [2.05, 4.69) is 29.1 Å². The molecule has 0 aromatic rings. The molecule has 2 aliphatic rings. The van der Waals surface area contributed by atoms with E-state index >= 15 is 0 Å². The second-order valence-corrected chi connectivity index (χ2v) is 6.66. The summed E-state index contributed by atoms with van der Waals surface area (Å²) in [6.07, 6.45) is 2.81. The average Bonchev–Trinajstić information content (AvgIpc) is 2.53. The van der Waals surface area contributed by atoms with Gasteiger partial charge < -0.3 is 15.1 Å². The van der Waals surface area contributed by atoms with E-state index in [1.54, 1.807) is 11.8 Å². The van der Waals surface area contributed by atoms with Crippen molar-refractivity contribution in [2.75, 3.05) is 46.3 Å². The van der Waals surface area contributed by atoms with Crippen LogP contribution in [0.5, 0.6) is 0 Å². The van der Waals surface area contributed by atoms with Crippen molar-refractivity contribution in [3.63, 3.8) is 0 Å². The number of carbonyl (C=O) groups is 2. The van der Waals surface area contributed by atoms with Gasteiger partial charge in [0.2, 0.25) is 11.8 Å². The fraction of sp³-hybridized carbons (Fsp3) is 0.875. The molecule has 0 aliphatic carbocycles. The molecule has 6 heteroatoms. The van der Waals surface area contributed by atoms with Crippen LogP contribution in [0.25, 0.3) is 0 Å². The largest absolute Gasteiger partial charge is 0.353 e. The molecule has 2 atom stereocenters. The van der Waals surface area contributed by atoms with E-state index < -0.39 is 0 Å². The first-order valence-corrected chi connectivity index (χ1v) is 8.46. The molecule has 2 fully saturated rings. The Balaban J connectivity index is 1.79. The van der Waals surface area contributed by atoms with E-state index in [0.717, 1.165) is 45.4 Å². The Bertz CT molecular complexity index is 394. The van der Waals surface area contributed by atoms with Gasteiger partial charge in [-0.2, -0.15) is 0 Å². The van der Waals surface area contributed by atoms with Crippen LogP contribution < -0.4 is 5.32 Å². The van der Waals surface area contributed by atoms with Crippen molar-refractivity contribution >= 4 is 11.8 Å². The Hall–Kier alpha value is -1.14. The van der Waals surface area contributed by atoms with E-state index in [-0.39, 0.29) is 17.9 Å². The van der Waals surface area contributed by atoms with Crippen molar-refractivity contribution in [3.05, 3.63) is 0 Å². The molecule has 126 valence electrons. The molecule has 6 nitrogen and oxygen atoms in total. The number of hydrogen-bond acceptors (Lipinski definition) is 4. The minimum atomic E-state index is -0.272. The summed E-state index contributed by atoms with van der Waals surface area (Å²) in [7, 11) is 2.14. The second kappa shape index (κ2) is 7.92. The fourth-order valence-electron chi connectivity index (χ4n) is 3.34. The van der Waals surface area contributed by atoms with Crippen LogP contribution in [0.1, 0.15) is 33.1 Å². The van der Waals surface area contributed by atoms with Gasteiger partial charge in [0.1, 0.15) is 6.04 Å². The highest BCUT2D eigenvalue weighted by molar-refractivity contribution is 5.87. The molecular weight excluding hydrogens is 280 g/mol. The van der Waals surface area contributed by atoms with Crippen LogP contribution in [0.15, 0.2) is 0 Å². The average molecular weight is 310 g/mol. The predicted octanol–water partition coefficient (Wildman–Crippen LogP) is 0.140. The summed E-state index contributed by atoms with van der Waals surface area (Å²) in [5, 5.41) is 3.06. The smallest absolute Gasteiger partial charge is 0.242 e. The quantitative estimate of drug-likeness (QED) is 0.802. The molecule has 0 bridgehead atoms. The zero-order chi connectivity index (χ0) is 16.1. The molecule has 0 spiro atoms. The summed E-state index contributed by atoms with van der Waals surface area (Å²) in [6.45, 7) is 9.35. The molecule has 2 saturated heterocycles. The van der Waals surface area contributed by atoms with Crippen LogP contribution in [0, 0.1) is 0 Å². The van der Waals surface area contributed by atoms with Crippen molar-refractivity contribution in [3.8, 4) is 0 Å². The molecule has 0 radical (unpaired) electrons. The van der Waals surface area contributed by atoms with E-state index in [9.17, 15) is 9.59 Å². The molecule has 2 rings (SSSR count). The third kappa shape index (κ3) is 4.43. The molecule has 0 aromatic heterocycles. The molecule has 0 aromatic carbocycles. The number of amides is 2. The number of carbonyl (C=O) groups excluding carboxylic acids is 2. The van der Waals surface area contributed by atoms with Crippen molar-refractivity contribution in [1.29, 1.82) is 0 Å². The van der Waals surface area contributed by atoms with Gasteiger partial charge in [-0.1, -0.05) is 0 Å². The number of rotatable bonds is 4. The highest BCUT2D eigenvalue weighted by atomic mass is 16.2. The summed E-state index contributed by atoms with van der Waals surface area (Å²) in [5.74, 6) is 0.0165. The summed E-state index contributed by atoms with van der Waals surface area (Å²) in [5.41, 5.74) is 0. The standard InChI is InChI=1S/C16H30N4O2/c1-13(19-10-8-18(3)9-11-19)12-17-16(22)15-6-4-5-7-20(15)14(2)21/h13,15H,4-12H2,1-3H3,(H,17,22). The normalized spacial score (nSPS) is 25.8. The highest BCUT2D eigenvalue weighted by Gasteiger charge is 2.30. The highest BCUT2D eigenvalue weighted by Crippen LogP contribution is 2.17. The first-order valence-electron chi connectivity index (χ1n) is 8.46. The monoisotopic (exact) mass is 310 g/mol. The summed E-state index contributed by atoms with van der Waals surface area (Å²) in [4.78, 5) is 30.6. The zero-order valence-corrected chi connectivity index (χ0v) is 14.2. The van der Waals surface area contributed by atoms with Gasteiger partial charge in [0.05, 0.1) is 0 Å². The van der Waals surface area contributed by atoms with E-state index in [0.29, 0.717) is 19.1 Å². The SMILES string of the molecule is CC(=O)N1CCCCC1C(=O)NCC(C)N1CCN(C)CC1. The first kappa shape index (κ1) is 17.2. The van der Waals surface area contributed by atoms with Crippen LogP contribution in [0.4, 0.5) is 0 Å². The number of nitrogens with one attached hydrogen (secondary N) is 1. The summed E-state index contributed by atoms with van der Waals surface area (Å²) >= 11 is 0.